The standard InChI is InChI=1S/C28H54O4Si2/c1-25(2,3)29-23(30-26(4,5)6)17-19-33-21-13-15-22(16-14-21)34-20-18-24(31-27(7,8)9)32-28(10,11)12/h13-16,23-24H,17-20,33-34H2,1-12H3. The molecule has 4 nitrogen and oxygen atoms in total. The third kappa shape index (κ3) is 17.0. The highest BCUT2D eigenvalue weighted by atomic mass is 28.2. The zero-order valence-electron chi connectivity index (χ0n) is 24.3. The number of rotatable bonds is 12. The fourth-order valence-electron chi connectivity index (χ4n) is 3.68. The summed E-state index contributed by atoms with van der Waals surface area (Å²) in [4.78, 5) is 0. The van der Waals surface area contributed by atoms with E-state index in [1.165, 1.54) is 22.5 Å². The molecule has 1 rings (SSSR count). The topological polar surface area (TPSA) is 36.9 Å². The van der Waals surface area contributed by atoms with Gasteiger partial charge in [0.1, 0.15) is 0 Å². The van der Waals surface area contributed by atoms with Gasteiger partial charge in [0.15, 0.2) is 12.6 Å². The third-order valence-electron chi connectivity index (χ3n) is 4.77. The first-order valence-electron chi connectivity index (χ1n) is 13.1. The van der Waals surface area contributed by atoms with Crippen molar-refractivity contribution in [1.82, 2.24) is 0 Å². The summed E-state index contributed by atoms with van der Waals surface area (Å²) >= 11 is 0. The maximum Gasteiger partial charge on any atom is 0.158 e. The fraction of sp³-hybridized carbons (Fsp3) is 0.786. The van der Waals surface area contributed by atoms with Crippen molar-refractivity contribution < 1.29 is 18.9 Å². The summed E-state index contributed by atoms with van der Waals surface area (Å²) in [5.74, 6) is 0. The zero-order valence-corrected chi connectivity index (χ0v) is 27.2. The number of hydrogen-bond acceptors (Lipinski definition) is 4. The van der Waals surface area contributed by atoms with Gasteiger partial charge in [-0.2, -0.15) is 0 Å². The van der Waals surface area contributed by atoms with Crippen LogP contribution >= 0.6 is 0 Å². The van der Waals surface area contributed by atoms with Gasteiger partial charge in [0, 0.05) is 0 Å². The molecule has 0 heterocycles. The molecule has 0 aliphatic heterocycles. The van der Waals surface area contributed by atoms with Crippen molar-refractivity contribution in [2.24, 2.45) is 0 Å². The fourth-order valence-corrected chi connectivity index (χ4v) is 6.71. The summed E-state index contributed by atoms with van der Waals surface area (Å²) < 4.78 is 24.7. The number of benzene rings is 1. The van der Waals surface area contributed by atoms with Gasteiger partial charge in [-0.15, -0.1) is 0 Å². The Kier molecular flexibility index (Phi) is 12.2. The summed E-state index contributed by atoms with van der Waals surface area (Å²) in [5, 5.41) is 3.04. The molecule has 0 amide bonds. The van der Waals surface area contributed by atoms with Crippen molar-refractivity contribution >= 4 is 29.4 Å². The molecular weight excluding hydrogens is 456 g/mol. The molecule has 34 heavy (non-hydrogen) atoms. The van der Waals surface area contributed by atoms with E-state index in [2.05, 4.69) is 107 Å². The molecule has 6 heteroatoms. The first-order valence-corrected chi connectivity index (χ1v) is 16.5. The summed E-state index contributed by atoms with van der Waals surface area (Å²) in [6.07, 6.45) is 1.64. The SMILES string of the molecule is CC(C)(C)OC(CC[SiH2]c1ccc([SiH2]CCC(OC(C)(C)C)OC(C)(C)C)cc1)OC(C)(C)C. The lowest BCUT2D eigenvalue weighted by molar-refractivity contribution is -0.234. The van der Waals surface area contributed by atoms with Crippen LogP contribution in [0.15, 0.2) is 24.3 Å². The van der Waals surface area contributed by atoms with Crippen LogP contribution < -0.4 is 10.4 Å². The summed E-state index contributed by atoms with van der Waals surface area (Å²) in [6.45, 7) is 25.2. The number of ether oxygens (including phenoxy) is 4. The van der Waals surface area contributed by atoms with Gasteiger partial charge < -0.3 is 18.9 Å². The Bertz CT molecular complexity index is 599. The van der Waals surface area contributed by atoms with Crippen LogP contribution in [0.1, 0.15) is 95.9 Å². The van der Waals surface area contributed by atoms with Gasteiger partial charge in [-0.25, -0.2) is 0 Å². The molecule has 0 fully saturated rings. The van der Waals surface area contributed by atoms with Crippen molar-refractivity contribution in [3.8, 4) is 0 Å². The van der Waals surface area contributed by atoms with Gasteiger partial charge in [-0.1, -0.05) is 46.7 Å². The van der Waals surface area contributed by atoms with Gasteiger partial charge in [0.05, 0.1) is 41.4 Å². The second-order valence-electron chi connectivity index (χ2n) is 13.4. The highest BCUT2D eigenvalue weighted by molar-refractivity contribution is 6.55. The minimum atomic E-state index is -0.332. The van der Waals surface area contributed by atoms with Crippen LogP contribution in [0.5, 0.6) is 0 Å². The van der Waals surface area contributed by atoms with E-state index in [-0.39, 0.29) is 54.0 Å². The average Bonchev–Trinajstić information content (AvgIpc) is 2.57. The van der Waals surface area contributed by atoms with Gasteiger partial charge in [-0.05, 0) is 95.9 Å². The normalized spacial score (nSPS) is 14.5. The van der Waals surface area contributed by atoms with Crippen molar-refractivity contribution in [3.05, 3.63) is 24.3 Å². The zero-order chi connectivity index (χ0) is 26.2. The van der Waals surface area contributed by atoms with Gasteiger partial charge >= 0.3 is 0 Å². The van der Waals surface area contributed by atoms with E-state index in [4.69, 9.17) is 18.9 Å². The van der Waals surface area contributed by atoms with Crippen LogP contribution in [0, 0.1) is 0 Å². The van der Waals surface area contributed by atoms with Crippen molar-refractivity contribution in [1.29, 1.82) is 0 Å². The molecule has 198 valence electrons. The summed E-state index contributed by atoms with van der Waals surface area (Å²) in [5.41, 5.74) is -0.783. The van der Waals surface area contributed by atoms with E-state index < -0.39 is 0 Å². The first kappa shape index (κ1) is 31.5. The monoisotopic (exact) mass is 510 g/mol. The summed E-state index contributed by atoms with van der Waals surface area (Å²) in [7, 11) is -0.664. The first-order chi connectivity index (χ1) is 15.3. The molecular formula is C28H54O4Si2. The highest BCUT2D eigenvalue weighted by Gasteiger charge is 2.25. The molecule has 0 radical (unpaired) electrons. The molecule has 0 saturated heterocycles. The number of hydrogen-bond donors (Lipinski definition) is 0. The predicted molar refractivity (Wildman–Crippen MR) is 153 cm³/mol. The predicted octanol–water partition coefficient (Wildman–Crippen LogP) is 4.80. The van der Waals surface area contributed by atoms with E-state index in [1.54, 1.807) is 0 Å². The van der Waals surface area contributed by atoms with E-state index in [1.807, 2.05) is 0 Å². The second-order valence-corrected chi connectivity index (χ2v) is 17.4. The molecule has 1 aromatic rings. The average molecular weight is 511 g/mol. The van der Waals surface area contributed by atoms with Crippen LogP contribution in [-0.4, -0.2) is 54.0 Å². The maximum atomic E-state index is 6.18. The van der Waals surface area contributed by atoms with Crippen LogP contribution in [-0.2, 0) is 18.9 Å². The minimum Gasteiger partial charge on any atom is -0.347 e. The molecule has 0 aliphatic rings. The molecule has 0 aromatic heterocycles. The largest absolute Gasteiger partial charge is 0.347 e. The van der Waals surface area contributed by atoms with Crippen LogP contribution in [0.25, 0.3) is 0 Å². The van der Waals surface area contributed by atoms with Crippen molar-refractivity contribution in [2.75, 3.05) is 0 Å². The molecule has 1 aromatic carbocycles. The quantitative estimate of drug-likeness (QED) is 0.299. The Morgan fingerprint density at radius 2 is 0.735 bits per heavy atom. The molecule has 0 N–H and O–H groups in total. The lowest BCUT2D eigenvalue weighted by Gasteiger charge is -2.32. The van der Waals surface area contributed by atoms with Gasteiger partial charge in [0.2, 0.25) is 0 Å². The Morgan fingerprint density at radius 1 is 0.500 bits per heavy atom. The molecule has 0 bridgehead atoms. The molecule has 0 atom stereocenters. The Morgan fingerprint density at radius 3 is 0.941 bits per heavy atom. The van der Waals surface area contributed by atoms with Crippen LogP contribution in [0.2, 0.25) is 12.1 Å². The minimum absolute atomic E-state index is 0.141. The molecule has 0 unspecified atom stereocenters. The lowest BCUT2D eigenvalue weighted by Crippen LogP contribution is -2.36. The smallest absolute Gasteiger partial charge is 0.158 e. The Hall–Kier alpha value is -0.506. The van der Waals surface area contributed by atoms with E-state index in [9.17, 15) is 0 Å². The van der Waals surface area contributed by atoms with Gasteiger partial charge in [-0.3, -0.25) is 0 Å². The third-order valence-corrected chi connectivity index (χ3v) is 8.39. The van der Waals surface area contributed by atoms with E-state index in [0.29, 0.717) is 0 Å². The van der Waals surface area contributed by atoms with E-state index >= 15 is 0 Å². The van der Waals surface area contributed by atoms with Crippen LogP contribution in [0.4, 0.5) is 0 Å². The highest BCUT2D eigenvalue weighted by Crippen LogP contribution is 2.22. The summed E-state index contributed by atoms with van der Waals surface area (Å²) in [6, 6.07) is 11.8. The van der Waals surface area contributed by atoms with Crippen molar-refractivity contribution in [3.63, 3.8) is 0 Å². The molecule has 0 aliphatic carbocycles. The Labute approximate surface area is 215 Å². The van der Waals surface area contributed by atoms with Crippen LogP contribution in [0.3, 0.4) is 0 Å². The maximum absolute atomic E-state index is 6.18. The van der Waals surface area contributed by atoms with Crippen molar-refractivity contribution in [2.45, 2.75) is 143 Å². The molecule has 0 saturated carbocycles. The molecule has 0 spiro atoms. The lowest BCUT2D eigenvalue weighted by atomic mass is 10.2. The van der Waals surface area contributed by atoms with E-state index in [0.717, 1.165) is 12.8 Å². The second kappa shape index (κ2) is 13.2. The Balaban J connectivity index is 2.53. The van der Waals surface area contributed by atoms with Gasteiger partial charge in [0.25, 0.3) is 0 Å².